The third-order valence-corrected chi connectivity index (χ3v) is 5.09. The highest BCUT2D eigenvalue weighted by molar-refractivity contribution is 7.87. The molecule has 0 heterocycles. The minimum Gasteiger partial charge on any atom is -0.298 e. The first kappa shape index (κ1) is 16.6. The summed E-state index contributed by atoms with van der Waals surface area (Å²) < 4.78 is 29.5. The Morgan fingerprint density at radius 1 is 1.23 bits per heavy atom. The molecule has 4 nitrogen and oxygen atoms in total. The van der Waals surface area contributed by atoms with Gasteiger partial charge in [-0.15, -0.1) is 0 Å². The molecule has 0 aromatic heterocycles. The van der Waals surface area contributed by atoms with Crippen LogP contribution in [0.3, 0.4) is 0 Å². The first-order valence-electron chi connectivity index (χ1n) is 7.23. The molecule has 0 bridgehead atoms. The highest BCUT2D eigenvalue weighted by Crippen LogP contribution is 2.38. The van der Waals surface area contributed by atoms with E-state index in [0.29, 0.717) is 23.0 Å². The molecule has 0 aromatic rings. The van der Waals surface area contributed by atoms with Crippen LogP contribution in [0.4, 0.5) is 0 Å². The monoisotopic (exact) mass is 320 g/mol. The normalized spacial score (nSPS) is 12.0. The van der Waals surface area contributed by atoms with Crippen molar-refractivity contribution in [3.05, 3.63) is 41.0 Å². The van der Waals surface area contributed by atoms with E-state index in [1.54, 1.807) is 6.92 Å². The molecule has 0 spiro atoms. The second-order valence-corrected chi connectivity index (χ2v) is 7.13. The molecule has 0 saturated heterocycles. The third-order valence-electron chi connectivity index (χ3n) is 3.68. The number of hydrogen-bond acceptors (Lipinski definition) is 4. The van der Waals surface area contributed by atoms with Crippen molar-refractivity contribution in [3.63, 3.8) is 0 Å². The molecule has 0 saturated carbocycles. The molecule has 2 aliphatic carbocycles. The van der Waals surface area contributed by atoms with Crippen LogP contribution in [0.1, 0.15) is 48.2 Å². The van der Waals surface area contributed by atoms with Crippen LogP contribution in [0.5, 0.6) is 0 Å². The molecule has 2 aliphatic rings. The second-order valence-electron chi connectivity index (χ2n) is 5.55. The zero-order valence-electron chi connectivity index (χ0n) is 13.2. The lowest BCUT2D eigenvalue weighted by Gasteiger charge is -2.06. The predicted octanol–water partition coefficient (Wildman–Crippen LogP) is 3.76. The van der Waals surface area contributed by atoms with Gasteiger partial charge in [0.25, 0.3) is 10.1 Å². The molecule has 2 rings (SSSR count). The molecule has 0 aliphatic heterocycles. The van der Waals surface area contributed by atoms with E-state index in [2.05, 4.69) is 13.8 Å². The number of aldehydes is 1. The Kier molecular flexibility index (Phi) is 4.68. The van der Waals surface area contributed by atoms with Gasteiger partial charge in [-0.2, -0.15) is 8.42 Å². The molecule has 5 heteroatoms. The molecule has 118 valence electrons. The SMILES string of the molecule is CCOS(=O)(=O)c1cc(C=O)c2cc(C(C)C)ccc(C)c1-2. The number of aryl methyl sites for hydroxylation is 1. The van der Waals surface area contributed by atoms with Crippen molar-refractivity contribution in [1.82, 2.24) is 0 Å². The highest BCUT2D eigenvalue weighted by Gasteiger charge is 2.27. The quantitative estimate of drug-likeness (QED) is 0.621. The number of rotatable bonds is 5. The van der Waals surface area contributed by atoms with Crippen LogP contribution < -0.4 is 0 Å². The minimum atomic E-state index is -3.87. The lowest BCUT2D eigenvalue weighted by molar-refractivity contribution is 0.112. The summed E-state index contributed by atoms with van der Waals surface area (Å²) in [5.74, 6) is 0.274. The summed E-state index contributed by atoms with van der Waals surface area (Å²) in [7, 11) is -3.87. The van der Waals surface area contributed by atoms with Gasteiger partial charge in [-0.1, -0.05) is 32.0 Å². The minimum absolute atomic E-state index is 0.0562. The van der Waals surface area contributed by atoms with Crippen LogP contribution in [-0.4, -0.2) is 21.3 Å². The van der Waals surface area contributed by atoms with E-state index >= 15 is 0 Å². The summed E-state index contributed by atoms with van der Waals surface area (Å²) in [4.78, 5) is 11.4. The molecule has 0 radical (unpaired) electrons. The Morgan fingerprint density at radius 2 is 1.91 bits per heavy atom. The van der Waals surface area contributed by atoms with Crippen molar-refractivity contribution in [3.8, 4) is 11.1 Å². The van der Waals surface area contributed by atoms with Crippen LogP contribution >= 0.6 is 0 Å². The molecule has 0 aromatic carbocycles. The fraction of sp³-hybridized carbons (Fsp3) is 0.353. The van der Waals surface area contributed by atoms with Gasteiger partial charge in [-0.05, 0) is 42.5 Å². The molecule has 0 fully saturated rings. The van der Waals surface area contributed by atoms with Crippen molar-refractivity contribution >= 4 is 16.4 Å². The van der Waals surface area contributed by atoms with E-state index < -0.39 is 10.1 Å². The van der Waals surface area contributed by atoms with Crippen molar-refractivity contribution in [2.24, 2.45) is 0 Å². The number of carbonyl (C=O) groups excluding carboxylic acids is 1. The van der Waals surface area contributed by atoms with Gasteiger partial charge in [-0.3, -0.25) is 8.98 Å². The van der Waals surface area contributed by atoms with Crippen LogP contribution in [0.25, 0.3) is 11.1 Å². The Balaban J connectivity index is 2.83. The fourth-order valence-corrected chi connectivity index (χ4v) is 3.75. The Bertz CT molecular complexity index is 776. The summed E-state index contributed by atoms with van der Waals surface area (Å²) in [6.07, 6.45) is 0.691. The van der Waals surface area contributed by atoms with E-state index in [1.807, 2.05) is 25.1 Å². The maximum Gasteiger partial charge on any atom is 0.297 e. The maximum absolute atomic E-state index is 12.3. The smallest absolute Gasteiger partial charge is 0.297 e. The first-order valence-corrected chi connectivity index (χ1v) is 8.64. The zero-order chi connectivity index (χ0) is 16.5. The topological polar surface area (TPSA) is 60.4 Å². The fourth-order valence-electron chi connectivity index (χ4n) is 2.52. The van der Waals surface area contributed by atoms with Crippen molar-refractivity contribution in [2.45, 2.75) is 38.5 Å². The van der Waals surface area contributed by atoms with Gasteiger partial charge < -0.3 is 0 Å². The van der Waals surface area contributed by atoms with Gasteiger partial charge in [0.15, 0.2) is 6.29 Å². The first-order chi connectivity index (χ1) is 10.3. The van der Waals surface area contributed by atoms with Crippen LogP contribution in [0.15, 0.2) is 29.2 Å². The summed E-state index contributed by atoms with van der Waals surface area (Å²) in [5.41, 5.74) is 3.43. The maximum atomic E-state index is 12.3. The largest absolute Gasteiger partial charge is 0.298 e. The lowest BCUT2D eigenvalue weighted by Crippen LogP contribution is -2.06. The number of fused-ring (bicyclic) bond motifs is 1. The summed E-state index contributed by atoms with van der Waals surface area (Å²) >= 11 is 0. The number of carbonyl (C=O) groups is 1. The average molecular weight is 320 g/mol. The molecule has 0 amide bonds. The molecule has 0 unspecified atom stereocenters. The van der Waals surface area contributed by atoms with Gasteiger partial charge in [0.1, 0.15) is 4.90 Å². The Morgan fingerprint density at radius 3 is 2.45 bits per heavy atom. The van der Waals surface area contributed by atoms with E-state index in [4.69, 9.17) is 4.18 Å². The Labute approximate surface area is 131 Å². The highest BCUT2D eigenvalue weighted by atomic mass is 32.2. The molecule has 0 N–H and O–H groups in total. The summed E-state index contributed by atoms with van der Waals surface area (Å²) in [6.45, 7) is 7.62. The van der Waals surface area contributed by atoms with E-state index in [1.165, 1.54) is 6.07 Å². The molecular weight excluding hydrogens is 300 g/mol. The molecule has 0 atom stereocenters. The van der Waals surface area contributed by atoms with Crippen LogP contribution in [0, 0.1) is 6.92 Å². The van der Waals surface area contributed by atoms with Gasteiger partial charge in [-0.25, -0.2) is 0 Å². The van der Waals surface area contributed by atoms with E-state index in [0.717, 1.165) is 11.1 Å². The zero-order valence-corrected chi connectivity index (χ0v) is 14.0. The lowest BCUT2D eigenvalue weighted by atomic mass is 10.0. The average Bonchev–Trinajstić information content (AvgIpc) is 2.73. The van der Waals surface area contributed by atoms with Crippen molar-refractivity contribution < 1.29 is 17.4 Å². The Hall–Kier alpha value is -1.72. The standard InChI is InChI=1S/C17H20O4S/c1-5-21-22(19,20)16-9-14(10-18)15-8-13(11(2)3)7-6-12(4)17(15)16/h6-11H,5H2,1-4H3. The summed E-state index contributed by atoms with van der Waals surface area (Å²) in [5, 5.41) is 0. The van der Waals surface area contributed by atoms with Gasteiger partial charge in [0.05, 0.1) is 6.61 Å². The van der Waals surface area contributed by atoms with Gasteiger partial charge in [0.2, 0.25) is 0 Å². The van der Waals surface area contributed by atoms with Gasteiger partial charge in [0, 0.05) is 11.1 Å². The number of hydrogen-bond donors (Lipinski definition) is 0. The van der Waals surface area contributed by atoms with Gasteiger partial charge >= 0.3 is 0 Å². The van der Waals surface area contributed by atoms with E-state index in [-0.39, 0.29) is 17.4 Å². The third kappa shape index (κ3) is 2.91. The van der Waals surface area contributed by atoms with E-state index in [9.17, 15) is 13.2 Å². The summed E-state index contributed by atoms with van der Waals surface area (Å²) in [6, 6.07) is 7.14. The van der Waals surface area contributed by atoms with Crippen LogP contribution in [0.2, 0.25) is 0 Å². The van der Waals surface area contributed by atoms with Crippen molar-refractivity contribution in [1.29, 1.82) is 0 Å². The molecule has 22 heavy (non-hydrogen) atoms. The second kappa shape index (κ2) is 6.18. The molecular formula is C17H20O4S. The van der Waals surface area contributed by atoms with Crippen LogP contribution in [-0.2, 0) is 14.3 Å². The predicted molar refractivity (Wildman–Crippen MR) is 86.1 cm³/mol. The van der Waals surface area contributed by atoms with Crippen molar-refractivity contribution in [2.75, 3.05) is 6.61 Å².